The number of rotatable bonds is 5. The summed E-state index contributed by atoms with van der Waals surface area (Å²) in [6, 6.07) is 17.2. The van der Waals surface area contributed by atoms with E-state index in [0.29, 0.717) is 10.7 Å². The summed E-state index contributed by atoms with van der Waals surface area (Å²) >= 11 is 7.66. The molecule has 1 amide bonds. The number of hydrogen-bond acceptors (Lipinski definition) is 4. The van der Waals surface area contributed by atoms with E-state index in [9.17, 15) is 4.79 Å². The first-order chi connectivity index (χ1) is 14.0. The Morgan fingerprint density at radius 2 is 1.83 bits per heavy atom. The lowest BCUT2D eigenvalue weighted by Crippen LogP contribution is -2.15. The van der Waals surface area contributed by atoms with Gasteiger partial charge >= 0.3 is 0 Å². The van der Waals surface area contributed by atoms with E-state index in [1.54, 1.807) is 12.1 Å². The molecule has 0 atom stereocenters. The molecule has 146 valence electrons. The maximum atomic E-state index is 12.6. The van der Waals surface area contributed by atoms with Crippen LogP contribution in [0.1, 0.15) is 17.0 Å². The summed E-state index contributed by atoms with van der Waals surface area (Å²) < 4.78 is 1.81. The molecule has 5 nitrogen and oxygen atoms in total. The van der Waals surface area contributed by atoms with Crippen LogP contribution in [0.5, 0.6) is 0 Å². The molecule has 0 saturated carbocycles. The van der Waals surface area contributed by atoms with E-state index in [4.69, 9.17) is 16.6 Å². The topological polar surface area (TPSA) is 59.8 Å². The number of amides is 1. The Bertz CT molecular complexity index is 1170. The summed E-state index contributed by atoms with van der Waals surface area (Å²) in [4.78, 5) is 17.3. The van der Waals surface area contributed by atoms with Gasteiger partial charge in [-0.15, -0.1) is 11.3 Å². The van der Waals surface area contributed by atoms with Crippen molar-refractivity contribution >= 4 is 34.5 Å². The highest BCUT2D eigenvalue weighted by molar-refractivity contribution is 7.12. The lowest BCUT2D eigenvalue weighted by atomic mass is 10.1. The smallest absolute Gasteiger partial charge is 0.228 e. The van der Waals surface area contributed by atoms with Crippen LogP contribution in [0.15, 0.2) is 60.0 Å². The molecule has 7 heteroatoms. The number of aromatic nitrogens is 3. The van der Waals surface area contributed by atoms with E-state index in [-0.39, 0.29) is 12.3 Å². The van der Waals surface area contributed by atoms with Crippen molar-refractivity contribution < 1.29 is 4.79 Å². The van der Waals surface area contributed by atoms with E-state index < -0.39 is 0 Å². The number of aryl methyl sites for hydroxylation is 1. The van der Waals surface area contributed by atoms with Gasteiger partial charge in [0.2, 0.25) is 11.0 Å². The third-order valence-electron chi connectivity index (χ3n) is 4.67. The molecule has 0 aliphatic heterocycles. The largest absolute Gasteiger partial charge is 0.324 e. The minimum atomic E-state index is -0.132. The number of para-hydroxylation sites is 1. The maximum Gasteiger partial charge on any atom is 0.228 e. The molecule has 29 heavy (non-hydrogen) atoms. The van der Waals surface area contributed by atoms with Crippen molar-refractivity contribution in [3.05, 3.63) is 82.0 Å². The molecule has 0 radical (unpaired) electrons. The standard InChI is InChI=1S/C22H19ClN4OS/c1-14-17(12-21(28)24-19-11-7-6-10-18(19)23)15(2)27(26-14)22-25-20(13-29-22)16-8-4-3-5-9-16/h3-11,13H,12H2,1-2H3,(H,24,28). The zero-order chi connectivity index (χ0) is 20.4. The molecule has 4 aromatic rings. The van der Waals surface area contributed by atoms with Gasteiger partial charge in [-0.25, -0.2) is 9.67 Å². The zero-order valence-electron chi connectivity index (χ0n) is 16.0. The molecule has 0 bridgehead atoms. The first kappa shape index (κ1) is 19.4. The highest BCUT2D eigenvalue weighted by Gasteiger charge is 2.18. The molecule has 0 unspecified atom stereocenters. The van der Waals surface area contributed by atoms with E-state index in [0.717, 1.165) is 33.3 Å². The van der Waals surface area contributed by atoms with E-state index in [2.05, 4.69) is 10.4 Å². The van der Waals surface area contributed by atoms with Gasteiger partial charge in [-0.3, -0.25) is 4.79 Å². The van der Waals surface area contributed by atoms with Crippen LogP contribution in [0.2, 0.25) is 5.02 Å². The number of carbonyl (C=O) groups is 1. The second-order valence-corrected chi connectivity index (χ2v) is 7.89. The van der Waals surface area contributed by atoms with E-state index in [1.165, 1.54) is 11.3 Å². The van der Waals surface area contributed by atoms with Crippen molar-refractivity contribution in [2.24, 2.45) is 0 Å². The molecule has 2 aromatic heterocycles. The Labute approximate surface area is 178 Å². The number of anilines is 1. The molecule has 0 fully saturated rings. The lowest BCUT2D eigenvalue weighted by molar-refractivity contribution is -0.115. The number of benzene rings is 2. The van der Waals surface area contributed by atoms with Crippen molar-refractivity contribution in [1.29, 1.82) is 0 Å². The van der Waals surface area contributed by atoms with Crippen molar-refractivity contribution in [3.63, 3.8) is 0 Å². The van der Waals surface area contributed by atoms with Gasteiger partial charge in [0, 0.05) is 22.2 Å². The van der Waals surface area contributed by atoms with Gasteiger partial charge in [-0.1, -0.05) is 54.1 Å². The summed E-state index contributed by atoms with van der Waals surface area (Å²) in [5, 5.41) is 10.8. The van der Waals surface area contributed by atoms with Gasteiger partial charge in [0.1, 0.15) is 0 Å². The molecular weight excluding hydrogens is 404 g/mol. The van der Waals surface area contributed by atoms with Crippen molar-refractivity contribution in [3.8, 4) is 16.4 Å². The Morgan fingerprint density at radius 3 is 2.59 bits per heavy atom. The number of hydrogen-bond donors (Lipinski definition) is 1. The van der Waals surface area contributed by atoms with Crippen LogP contribution in [0.4, 0.5) is 5.69 Å². The SMILES string of the molecule is Cc1nn(-c2nc(-c3ccccc3)cs2)c(C)c1CC(=O)Nc1ccccc1Cl. The molecule has 0 aliphatic carbocycles. The second kappa shape index (κ2) is 8.19. The van der Waals surface area contributed by atoms with Crippen LogP contribution >= 0.6 is 22.9 Å². The predicted molar refractivity (Wildman–Crippen MR) is 118 cm³/mol. The first-order valence-corrected chi connectivity index (χ1v) is 10.4. The number of thiazole rings is 1. The molecule has 2 heterocycles. The summed E-state index contributed by atoms with van der Waals surface area (Å²) in [7, 11) is 0. The van der Waals surface area contributed by atoms with Crippen LogP contribution in [0.25, 0.3) is 16.4 Å². The molecule has 0 aliphatic rings. The highest BCUT2D eigenvalue weighted by Crippen LogP contribution is 2.27. The first-order valence-electron chi connectivity index (χ1n) is 9.13. The number of nitrogens with zero attached hydrogens (tertiary/aromatic N) is 3. The summed E-state index contributed by atoms with van der Waals surface area (Å²) in [6.07, 6.45) is 0.222. The molecular formula is C22H19ClN4OS. The molecule has 0 spiro atoms. The van der Waals surface area contributed by atoms with Crippen LogP contribution in [-0.4, -0.2) is 20.7 Å². The minimum absolute atomic E-state index is 0.132. The third-order valence-corrected chi connectivity index (χ3v) is 5.82. The van der Waals surface area contributed by atoms with Gasteiger partial charge in [-0.2, -0.15) is 5.10 Å². The number of nitrogens with one attached hydrogen (secondary N) is 1. The molecule has 0 saturated heterocycles. The Balaban J connectivity index is 1.56. The van der Waals surface area contributed by atoms with Gasteiger partial charge in [0.25, 0.3) is 0 Å². The van der Waals surface area contributed by atoms with Crippen molar-refractivity contribution in [2.75, 3.05) is 5.32 Å². The highest BCUT2D eigenvalue weighted by atomic mass is 35.5. The van der Waals surface area contributed by atoms with Crippen LogP contribution in [0, 0.1) is 13.8 Å². The van der Waals surface area contributed by atoms with Crippen molar-refractivity contribution in [1.82, 2.24) is 14.8 Å². The van der Waals surface area contributed by atoms with Gasteiger partial charge in [0.15, 0.2) is 0 Å². The minimum Gasteiger partial charge on any atom is -0.324 e. The lowest BCUT2D eigenvalue weighted by Gasteiger charge is -2.07. The Morgan fingerprint density at radius 1 is 1.10 bits per heavy atom. The Kier molecular flexibility index (Phi) is 5.47. The van der Waals surface area contributed by atoms with E-state index >= 15 is 0 Å². The summed E-state index contributed by atoms with van der Waals surface area (Å²) in [5.74, 6) is -0.132. The maximum absolute atomic E-state index is 12.6. The van der Waals surface area contributed by atoms with Gasteiger partial charge in [0.05, 0.1) is 28.5 Å². The molecule has 4 rings (SSSR count). The third kappa shape index (κ3) is 4.09. The van der Waals surface area contributed by atoms with Crippen molar-refractivity contribution in [2.45, 2.75) is 20.3 Å². The average molecular weight is 423 g/mol. The second-order valence-electron chi connectivity index (χ2n) is 6.65. The summed E-state index contributed by atoms with van der Waals surface area (Å²) in [5.41, 5.74) is 5.20. The predicted octanol–water partition coefficient (Wildman–Crippen LogP) is 5.45. The fourth-order valence-electron chi connectivity index (χ4n) is 3.14. The quantitative estimate of drug-likeness (QED) is 0.465. The van der Waals surface area contributed by atoms with Crippen LogP contribution in [0.3, 0.4) is 0 Å². The Hall–Kier alpha value is -2.96. The van der Waals surface area contributed by atoms with Crippen LogP contribution in [-0.2, 0) is 11.2 Å². The average Bonchev–Trinajstić information content (AvgIpc) is 3.31. The van der Waals surface area contributed by atoms with Gasteiger partial charge in [-0.05, 0) is 26.0 Å². The normalized spacial score (nSPS) is 10.9. The monoisotopic (exact) mass is 422 g/mol. The number of carbonyl (C=O) groups excluding carboxylic acids is 1. The fourth-order valence-corrected chi connectivity index (χ4v) is 4.16. The van der Waals surface area contributed by atoms with E-state index in [1.807, 2.05) is 66.4 Å². The summed E-state index contributed by atoms with van der Waals surface area (Å²) in [6.45, 7) is 3.87. The van der Waals surface area contributed by atoms with Gasteiger partial charge < -0.3 is 5.32 Å². The molecule has 1 N–H and O–H groups in total. The van der Waals surface area contributed by atoms with Crippen LogP contribution < -0.4 is 5.32 Å². The fraction of sp³-hybridized carbons (Fsp3) is 0.136. The number of halogens is 1. The molecule has 2 aromatic carbocycles. The zero-order valence-corrected chi connectivity index (χ0v) is 17.6.